The molecule has 4 atom stereocenters. The Morgan fingerprint density at radius 2 is 1.65 bits per heavy atom. The lowest BCUT2D eigenvalue weighted by molar-refractivity contribution is -0.0919. The summed E-state index contributed by atoms with van der Waals surface area (Å²) in [5.74, 6) is 0.891. The molecule has 0 saturated carbocycles. The third-order valence-corrected chi connectivity index (χ3v) is 12.9. The molecule has 6 aromatic rings. The molecule has 1 amide bonds. The molecule has 0 spiro atoms. The highest BCUT2D eigenvalue weighted by atomic mass is 32.7. The largest absolute Gasteiger partial charge is 0.497 e. The van der Waals surface area contributed by atoms with E-state index in [1.165, 1.54) is 10.8 Å². The van der Waals surface area contributed by atoms with E-state index in [1.807, 2.05) is 41.1 Å². The summed E-state index contributed by atoms with van der Waals surface area (Å²) in [5, 5.41) is 2.98. The van der Waals surface area contributed by atoms with E-state index in [0.717, 1.165) is 0 Å². The molecule has 1 saturated heterocycles. The van der Waals surface area contributed by atoms with Gasteiger partial charge in [-0.25, -0.2) is 14.3 Å². The highest BCUT2D eigenvalue weighted by Gasteiger charge is 2.45. The highest BCUT2D eigenvalue weighted by molar-refractivity contribution is 8.54. The molecule has 1 aliphatic heterocycles. The fraction of sp³-hybridized carbons (Fsp3) is 0.256. The van der Waals surface area contributed by atoms with Gasteiger partial charge in [0.1, 0.15) is 35.5 Å². The number of amides is 1. The van der Waals surface area contributed by atoms with Crippen LogP contribution in [0.25, 0.3) is 0 Å². The molecule has 0 radical (unpaired) electrons. The van der Waals surface area contributed by atoms with Crippen LogP contribution in [0.15, 0.2) is 143 Å². The van der Waals surface area contributed by atoms with Gasteiger partial charge in [0, 0.05) is 54.1 Å². The van der Waals surface area contributed by atoms with Crippen molar-refractivity contribution in [1.82, 2.24) is 24.4 Å². The second kappa shape index (κ2) is 18.7. The number of nitrogens with zero attached hydrogens (tertiary/aromatic N) is 3. The van der Waals surface area contributed by atoms with Crippen LogP contribution in [-0.4, -0.2) is 69.5 Å². The van der Waals surface area contributed by atoms with Crippen molar-refractivity contribution < 1.29 is 37.7 Å². The van der Waals surface area contributed by atoms with Crippen LogP contribution in [0.5, 0.6) is 11.5 Å². The number of aromatic amines is 1. The first-order valence-corrected chi connectivity index (χ1v) is 22.0. The standard InChI is InChI=1S/C43H44N5O10PS/c1-29-26-48(42(51)46-40(29)49)39-25-37(58-59(52,53)60-36-10-5-4-6-11-36)38(57-39)27-56-43(31-12-16-34(54-2)17-13-31,32-14-18-35(55-3)19-15-32)33-9-7-8-30(24-33)41(50)45-21-23-47-22-20-44-28-47/h4-20,22,24,26,28,37-39H,21,23,25,27H2,1-3H3,(H,45,50)(H,52,53)(H,46,49,51)/t37-,38+,39+/m0/s1. The average molecular weight is 854 g/mol. The van der Waals surface area contributed by atoms with Crippen molar-refractivity contribution in [3.63, 3.8) is 0 Å². The molecule has 0 aliphatic carbocycles. The maximum absolute atomic E-state index is 13.7. The van der Waals surface area contributed by atoms with E-state index in [2.05, 4.69) is 15.3 Å². The van der Waals surface area contributed by atoms with Gasteiger partial charge in [-0.2, -0.15) is 0 Å². The van der Waals surface area contributed by atoms with Crippen LogP contribution in [0.2, 0.25) is 0 Å². The van der Waals surface area contributed by atoms with Crippen LogP contribution in [0.4, 0.5) is 0 Å². The minimum Gasteiger partial charge on any atom is -0.497 e. The molecular formula is C43H44N5O10PS. The van der Waals surface area contributed by atoms with Gasteiger partial charge in [-0.15, -0.1) is 0 Å². The molecule has 312 valence electrons. The van der Waals surface area contributed by atoms with Gasteiger partial charge in [-0.1, -0.05) is 54.6 Å². The topological polar surface area (TPSA) is 185 Å². The van der Waals surface area contributed by atoms with E-state index in [-0.39, 0.29) is 24.5 Å². The first-order chi connectivity index (χ1) is 29.0. The number of aryl methyl sites for hydroxylation is 1. The summed E-state index contributed by atoms with van der Waals surface area (Å²) in [6.45, 7) is -2.19. The Hall–Kier alpha value is -5.74. The van der Waals surface area contributed by atoms with Gasteiger partial charge in [0.2, 0.25) is 0 Å². The summed E-state index contributed by atoms with van der Waals surface area (Å²) in [7, 11) is 3.13. The molecular weight excluding hydrogens is 810 g/mol. The number of methoxy groups -OCH3 is 2. The van der Waals surface area contributed by atoms with Crippen LogP contribution < -0.4 is 26.0 Å². The van der Waals surface area contributed by atoms with Gasteiger partial charge in [0.05, 0.1) is 27.2 Å². The van der Waals surface area contributed by atoms with Crippen molar-refractivity contribution in [3.05, 3.63) is 177 Å². The van der Waals surface area contributed by atoms with Crippen molar-refractivity contribution >= 4 is 24.1 Å². The Kier molecular flexibility index (Phi) is 13.2. The Morgan fingerprint density at radius 3 is 2.28 bits per heavy atom. The number of aromatic nitrogens is 4. The van der Waals surface area contributed by atoms with Crippen LogP contribution in [-0.2, 0) is 30.7 Å². The van der Waals surface area contributed by atoms with Gasteiger partial charge in [-0.3, -0.25) is 23.7 Å². The van der Waals surface area contributed by atoms with Gasteiger partial charge in [0.15, 0.2) is 0 Å². The molecule has 1 unspecified atom stereocenters. The van der Waals surface area contributed by atoms with Crippen molar-refractivity contribution in [2.24, 2.45) is 0 Å². The second-order valence-corrected chi connectivity index (χ2v) is 17.7. The first kappa shape index (κ1) is 42.4. The number of ether oxygens (including phenoxy) is 4. The monoisotopic (exact) mass is 853 g/mol. The average Bonchev–Trinajstić information content (AvgIpc) is 3.93. The molecule has 3 N–H and O–H groups in total. The number of carbonyl (C=O) groups is 1. The number of benzene rings is 4. The zero-order chi connectivity index (χ0) is 42.3. The number of H-pyrrole nitrogens is 1. The number of rotatable bonds is 17. The summed E-state index contributed by atoms with van der Waals surface area (Å²) >= 11 is 0.680. The van der Waals surface area contributed by atoms with Crippen molar-refractivity contribution in [2.45, 2.75) is 48.8 Å². The molecule has 15 nitrogen and oxygen atoms in total. The molecule has 4 aromatic carbocycles. The van der Waals surface area contributed by atoms with Gasteiger partial charge < -0.3 is 33.7 Å². The first-order valence-electron chi connectivity index (χ1n) is 19.0. The summed E-state index contributed by atoms with van der Waals surface area (Å²) in [6, 6.07) is 30.4. The molecule has 17 heteroatoms. The summed E-state index contributed by atoms with van der Waals surface area (Å²) in [4.78, 5) is 57.1. The fourth-order valence-corrected chi connectivity index (χ4v) is 9.82. The lowest BCUT2D eigenvalue weighted by atomic mass is 9.79. The third kappa shape index (κ3) is 9.65. The van der Waals surface area contributed by atoms with E-state index >= 15 is 0 Å². The fourth-order valence-electron chi connectivity index (χ4n) is 7.05. The minimum absolute atomic E-state index is 0.0356. The smallest absolute Gasteiger partial charge is 0.391 e. The third-order valence-electron chi connectivity index (χ3n) is 10.1. The van der Waals surface area contributed by atoms with E-state index < -0.39 is 42.1 Å². The number of hydrogen-bond donors (Lipinski definition) is 3. The Morgan fingerprint density at radius 1 is 0.967 bits per heavy atom. The Labute approximate surface area is 349 Å². The predicted molar refractivity (Wildman–Crippen MR) is 224 cm³/mol. The number of nitrogens with one attached hydrogen (secondary N) is 2. The number of hydrogen-bond acceptors (Lipinski definition) is 11. The van der Waals surface area contributed by atoms with E-state index in [9.17, 15) is 23.8 Å². The molecule has 2 aromatic heterocycles. The van der Waals surface area contributed by atoms with Crippen LogP contribution in [0.1, 0.15) is 45.3 Å². The normalized spacial score (nSPS) is 17.5. The summed E-state index contributed by atoms with van der Waals surface area (Å²) < 4.78 is 47.5. The van der Waals surface area contributed by atoms with E-state index in [4.69, 9.17) is 23.5 Å². The van der Waals surface area contributed by atoms with Crippen molar-refractivity contribution in [3.8, 4) is 11.5 Å². The summed E-state index contributed by atoms with van der Waals surface area (Å²) in [6.07, 6.45) is 3.41. The number of imidazole rings is 1. The molecule has 3 heterocycles. The van der Waals surface area contributed by atoms with Crippen LogP contribution in [0, 0.1) is 6.92 Å². The second-order valence-electron chi connectivity index (χ2n) is 13.9. The van der Waals surface area contributed by atoms with Crippen LogP contribution >= 0.6 is 18.2 Å². The van der Waals surface area contributed by atoms with E-state index in [1.54, 1.807) is 106 Å². The molecule has 1 aliphatic rings. The molecule has 1 fully saturated rings. The maximum atomic E-state index is 13.7. The van der Waals surface area contributed by atoms with E-state index in [0.29, 0.717) is 63.1 Å². The zero-order valence-electron chi connectivity index (χ0n) is 33.0. The SMILES string of the molecule is COc1ccc(C(OC[C@H]2O[C@@H](n3cc(C)c(=O)[nH]c3=O)C[C@@H]2OP(=O)(O)Sc2ccccc2)(c2ccc(OC)cc2)c2cccc(C(=O)NCCn3ccnc3)c2)cc1. The summed E-state index contributed by atoms with van der Waals surface area (Å²) in [5.41, 5.74) is -0.190. The van der Waals surface area contributed by atoms with Crippen molar-refractivity contribution in [1.29, 1.82) is 0 Å². The molecule has 60 heavy (non-hydrogen) atoms. The Bertz CT molecular complexity index is 2500. The highest BCUT2D eigenvalue weighted by Crippen LogP contribution is 2.61. The Balaban J connectivity index is 1.29. The minimum atomic E-state index is -4.39. The lowest BCUT2D eigenvalue weighted by Gasteiger charge is -2.37. The van der Waals surface area contributed by atoms with Gasteiger partial charge in [-0.05, 0) is 83.5 Å². The number of carbonyl (C=O) groups excluding carboxylic acids is 1. The zero-order valence-corrected chi connectivity index (χ0v) is 34.7. The quantitative estimate of drug-likeness (QED) is 0.0713. The van der Waals surface area contributed by atoms with Gasteiger partial charge in [0.25, 0.3) is 11.5 Å². The lowest BCUT2D eigenvalue weighted by Crippen LogP contribution is -2.39. The van der Waals surface area contributed by atoms with Gasteiger partial charge >= 0.3 is 12.5 Å². The maximum Gasteiger partial charge on any atom is 0.391 e. The van der Waals surface area contributed by atoms with Crippen molar-refractivity contribution in [2.75, 3.05) is 27.4 Å². The predicted octanol–water partition coefficient (Wildman–Crippen LogP) is 6.06. The molecule has 7 rings (SSSR count). The van der Waals surface area contributed by atoms with Crippen LogP contribution in [0.3, 0.4) is 0 Å². The molecule has 0 bridgehead atoms.